The molecule has 0 atom stereocenters. The fourth-order valence-electron chi connectivity index (χ4n) is 2.88. The number of hydrogen-bond acceptors (Lipinski definition) is 4. The number of halogens is 4. The summed E-state index contributed by atoms with van der Waals surface area (Å²) in [5.74, 6) is 0.476. The summed E-state index contributed by atoms with van der Waals surface area (Å²) in [5, 5.41) is 0. The Kier molecular flexibility index (Phi) is 7.30. The first-order valence-electron chi connectivity index (χ1n) is 9.05. The van der Waals surface area contributed by atoms with Gasteiger partial charge >= 0.3 is 5.97 Å². The lowest BCUT2D eigenvalue weighted by Gasteiger charge is -2.12. The van der Waals surface area contributed by atoms with Gasteiger partial charge in [0.1, 0.15) is 12.4 Å². The maximum atomic E-state index is 12.3. The summed E-state index contributed by atoms with van der Waals surface area (Å²) in [5.41, 5.74) is 2.85. The quantitative estimate of drug-likeness (QED) is 0.156. The van der Waals surface area contributed by atoms with Gasteiger partial charge in [-0.25, -0.2) is 9.79 Å². The maximum absolute atomic E-state index is 12.3. The van der Waals surface area contributed by atoms with Gasteiger partial charge in [0.05, 0.1) is 14.5 Å². The van der Waals surface area contributed by atoms with E-state index in [4.69, 9.17) is 9.47 Å². The van der Waals surface area contributed by atoms with Crippen LogP contribution in [-0.2, 0) is 16.1 Å². The van der Waals surface area contributed by atoms with Gasteiger partial charge in [0.2, 0.25) is 5.90 Å². The molecule has 0 saturated carbocycles. The highest BCUT2D eigenvalue weighted by Crippen LogP contribution is 2.36. The average molecular weight is 718 g/mol. The molecule has 0 radical (unpaired) electrons. The Balaban J connectivity index is 1.58. The number of rotatable bonds is 5. The van der Waals surface area contributed by atoms with Gasteiger partial charge < -0.3 is 9.47 Å². The standard InChI is InChI=1S/C23H13Br3INO3/c24-16-7-3-2-6-15(16)22-28-20(23(29)31-22)11-13-9-17(25)21(18(26)10-13)30-12-14-5-1-4-8-19(14)27/h1-11H,12H2/b20-11-. The van der Waals surface area contributed by atoms with Gasteiger partial charge in [-0.05, 0) is 112 Å². The Bertz CT molecular complexity index is 1220. The number of carbonyl (C=O) groups is 1. The van der Waals surface area contributed by atoms with Crippen molar-refractivity contribution >= 4 is 88.3 Å². The van der Waals surface area contributed by atoms with E-state index in [9.17, 15) is 4.79 Å². The zero-order valence-corrected chi connectivity index (χ0v) is 22.7. The van der Waals surface area contributed by atoms with E-state index in [0.29, 0.717) is 12.4 Å². The number of hydrogen-bond donors (Lipinski definition) is 0. The Labute approximate surface area is 218 Å². The summed E-state index contributed by atoms with van der Waals surface area (Å²) in [6.07, 6.45) is 1.69. The molecule has 0 bridgehead atoms. The minimum absolute atomic E-state index is 0.233. The molecule has 4 nitrogen and oxygen atoms in total. The van der Waals surface area contributed by atoms with Crippen LogP contribution in [0.2, 0.25) is 0 Å². The minimum atomic E-state index is -0.489. The molecule has 0 fully saturated rings. The normalized spacial score (nSPS) is 14.5. The van der Waals surface area contributed by atoms with Gasteiger partial charge in [-0.1, -0.05) is 30.3 Å². The number of ether oxygens (including phenoxy) is 2. The highest BCUT2D eigenvalue weighted by Gasteiger charge is 2.25. The maximum Gasteiger partial charge on any atom is 0.363 e. The summed E-state index contributed by atoms with van der Waals surface area (Å²) in [6.45, 7) is 0.447. The molecule has 156 valence electrons. The van der Waals surface area contributed by atoms with E-state index in [1.165, 1.54) is 0 Å². The van der Waals surface area contributed by atoms with Crippen molar-refractivity contribution in [3.63, 3.8) is 0 Å². The zero-order chi connectivity index (χ0) is 22.0. The fraction of sp³-hybridized carbons (Fsp3) is 0.0435. The van der Waals surface area contributed by atoms with Gasteiger partial charge in [-0.3, -0.25) is 0 Å². The molecule has 0 amide bonds. The summed E-state index contributed by atoms with van der Waals surface area (Å²) in [7, 11) is 0. The van der Waals surface area contributed by atoms with E-state index in [1.807, 2.05) is 60.7 Å². The van der Waals surface area contributed by atoms with Crippen LogP contribution in [0.3, 0.4) is 0 Å². The van der Waals surface area contributed by atoms with Gasteiger partial charge in [0.15, 0.2) is 5.70 Å². The third-order valence-corrected chi connectivity index (χ3v) is 7.30. The monoisotopic (exact) mass is 715 g/mol. The number of cyclic esters (lactones) is 1. The Hall–Kier alpha value is -1.49. The lowest BCUT2D eigenvalue weighted by molar-refractivity contribution is -0.129. The average Bonchev–Trinajstić information content (AvgIpc) is 3.09. The first-order valence-corrected chi connectivity index (χ1v) is 12.5. The van der Waals surface area contributed by atoms with E-state index in [-0.39, 0.29) is 11.6 Å². The van der Waals surface area contributed by atoms with Crippen LogP contribution in [0.5, 0.6) is 5.75 Å². The molecule has 0 saturated heterocycles. The molecule has 8 heteroatoms. The second-order valence-corrected chi connectivity index (χ2v) is 10.2. The zero-order valence-electron chi connectivity index (χ0n) is 15.7. The number of nitrogens with zero attached hydrogens (tertiary/aromatic N) is 1. The molecule has 0 aliphatic carbocycles. The van der Waals surface area contributed by atoms with Gasteiger partial charge in [0.25, 0.3) is 0 Å². The molecule has 0 spiro atoms. The van der Waals surface area contributed by atoms with Crippen molar-refractivity contribution in [3.05, 3.63) is 100 Å². The molecular formula is C23H13Br3INO3. The topological polar surface area (TPSA) is 47.9 Å². The van der Waals surface area contributed by atoms with Crippen molar-refractivity contribution in [2.45, 2.75) is 6.61 Å². The van der Waals surface area contributed by atoms with Crippen molar-refractivity contribution in [1.29, 1.82) is 0 Å². The molecule has 4 rings (SSSR count). The minimum Gasteiger partial charge on any atom is -0.486 e. The van der Waals surface area contributed by atoms with Crippen LogP contribution in [0.1, 0.15) is 16.7 Å². The second-order valence-electron chi connectivity index (χ2n) is 6.51. The predicted octanol–water partition coefficient (Wildman–Crippen LogP) is 7.50. The highest BCUT2D eigenvalue weighted by atomic mass is 127. The molecule has 1 aliphatic heterocycles. The number of benzene rings is 3. The van der Waals surface area contributed by atoms with E-state index in [0.717, 1.165) is 33.7 Å². The molecule has 31 heavy (non-hydrogen) atoms. The predicted molar refractivity (Wildman–Crippen MR) is 140 cm³/mol. The molecule has 0 unspecified atom stereocenters. The summed E-state index contributed by atoms with van der Waals surface area (Å²) < 4.78 is 14.9. The number of carbonyl (C=O) groups excluding carboxylic acids is 1. The van der Waals surface area contributed by atoms with Crippen LogP contribution in [0.4, 0.5) is 0 Å². The lowest BCUT2D eigenvalue weighted by atomic mass is 10.2. The van der Waals surface area contributed by atoms with Crippen molar-refractivity contribution in [2.24, 2.45) is 4.99 Å². The van der Waals surface area contributed by atoms with Crippen LogP contribution in [0.15, 0.2) is 84.8 Å². The van der Waals surface area contributed by atoms with E-state index in [1.54, 1.807) is 6.08 Å². The van der Waals surface area contributed by atoms with Crippen molar-refractivity contribution in [3.8, 4) is 5.75 Å². The molecular weight excluding hydrogens is 705 g/mol. The van der Waals surface area contributed by atoms with Crippen molar-refractivity contribution < 1.29 is 14.3 Å². The first kappa shape index (κ1) is 22.7. The molecule has 1 heterocycles. The summed E-state index contributed by atoms with van der Waals surface area (Å²) in [6, 6.07) is 19.3. The Morgan fingerprint density at radius 2 is 1.65 bits per heavy atom. The Morgan fingerprint density at radius 3 is 2.35 bits per heavy atom. The first-order chi connectivity index (χ1) is 14.9. The smallest absolute Gasteiger partial charge is 0.363 e. The molecule has 3 aromatic rings. The molecule has 0 N–H and O–H groups in total. The Morgan fingerprint density at radius 1 is 0.968 bits per heavy atom. The van der Waals surface area contributed by atoms with Crippen LogP contribution in [-0.4, -0.2) is 11.9 Å². The van der Waals surface area contributed by atoms with Gasteiger partial charge in [-0.15, -0.1) is 0 Å². The van der Waals surface area contributed by atoms with Gasteiger partial charge in [0, 0.05) is 13.6 Å². The van der Waals surface area contributed by atoms with Crippen LogP contribution >= 0.6 is 70.4 Å². The fourth-order valence-corrected chi connectivity index (χ4v) is 5.33. The van der Waals surface area contributed by atoms with Crippen LogP contribution in [0.25, 0.3) is 6.08 Å². The van der Waals surface area contributed by atoms with Crippen LogP contribution in [0, 0.1) is 3.57 Å². The highest BCUT2D eigenvalue weighted by molar-refractivity contribution is 14.1. The summed E-state index contributed by atoms with van der Waals surface area (Å²) in [4.78, 5) is 16.7. The molecule has 1 aliphatic rings. The van der Waals surface area contributed by atoms with Gasteiger partial charge in [-0.2, -0.15) is 0 Å². The third kappa shape index (κ3) is 5.30. The number of esters is 1. The second kappa shape index (κ2) is 9.97. The largest absolute Gasteiger partial charge is 0.486 e. The molecule has 3 aromatic carbocycles. The number of aliphatic imine (C=N–C) groups is 1. The lowest BCUT2D eigenvalue weighted by Crippen LogP contribution is -2.05. The van der Waals surface area contributed by atoms with Crippen molar-refractivity contribution in [2.75, 3.05) is 0 Å². The van der Waals surface area contributed by atoms with Crippen molar-refractivity contribution in [1.82, 2.24) is 0 Å². The van der Waals surface area contributed by atoms with E-state index < -0.39 is 5.97 Å². The summed E-state index contributed by atoms with van der Waals surface area (Å²) >= 11 is 12.9. The van der Waals surface area contributed by atoms with Crippen LogP contribution < -0.4 is 4.74 Å². The SMILES string of the molecule is O=C1OC(c2ccccc2Br)=N/C1=C\c1cc(Br)c(OCc2ccccc2I)c(Br)c1. The third-order valence-electron chi connectivity index (χ3n) is 4.38. The van der Waals surface area contributed by atoms with E-state index in [2.05, 4.69) is 75.4 Å². The van der Waals surface area contributed by atoms with E-state index >= 15 is 0 Å². The molecule has 0 aromatic heterocycles.